The molecule has 0 spiro atoms. The molecule has 0 radical (unpaired) electrons. The van der Waals surface area contributed by atoms with E-state index in [0.29, 0.717) is 24.5 Å². The SMILES string of the molecule is O=C(c1csc(CSc2nnc(-c3ccncc3)n2-c2ccccc2)n1)N1CCN(CC=Cc2ccccc2)CC1. The molecule has 1 amide bonds. The number of amides is 1. The number of pyridine rings is 1. The van der Waals surface area contributed by atoms with Crippen LogP contribution in [0.1, 0.15) is 21.1 Å². The summed E-state index contributed by atoms with van der Waals surface area (Å²) in [6.07, 6.45) is 7.84. The van der Waals surface area contributed by atoms with Gasteiger partial charge >= 0.3 is 0 Å². The maximum absolute atomic E-state index is 13.2. The highest BCUT2D eigenvalue weighted by atomic mass is 32.2. The summed E-state index contributed by atoms with van der Waals surface area (Å²) >= 11 is 3.07. The Morgan fingerprint density at radius 1 is 0.902 bits per heavy atom. The van der Waals surface area contributed by atoms with Gasteiger partial charge in [0, 0.05) is 61.7 Å². The molecule has 10 heteroatoms. The molecule has 0 saturated carbocycles. The molecule has 0 N–H and O–H groups in total. The van der Waals surface area contributed by atoms with E-state index >= 15 is 0 Å². The highest BCUT2D eigenvalue weighted by Crippen LogP contribution is 2.30. The van der Waals surface area contributed by atoms with Crippen LogP contribution in [0.15, 0.2) is 102 Å². The number of aromatic nitrogens is 5. The van der Waals surface area contributed by atoms with Crippen molar-refractivity contribution >= 4 is 35.1 Å². The van der Waals surface area contributed by atoms with Crippen molar-refractivity contribution in [1.82, 2.24) is 34.5 Å². The summed E-state index contributed by atoms with van der Waals surface area (Å²) in [5.41, 5.74) is 3.65. The van der Waals surface area contributed by atoms with Gasteiger partial charge in [-0.15, -0.1) is 21.5 Å². The second-order valence-electron chi connectivity index (χ2n) is 9.53. The van der Waals surface area contributed by atoms with Crippen LogP contribution in [0.4, 0.5) is 0 Å². The molecule has 1 aliphatic heterocycles. The lowest BCUT2D eigenvalue weighted by molar-refractivity contribution is 0.0645. The van der Waals surface area contributed by atoms with Gasteiger partial charge in [0.15, 0.2) is 11.0 Å². The van der Waals surface area contributed by atoms with Crippen LogP contribution in [0, 0.1) is 0 Å². The highest BCUT2D eigenvalue weighted by molar-refractivity contribution is 7.98. The number of thioether (sulfide) groups is 1. The second-order valence-corrected chi connectivity index (χ2v) is 11.4. The minimum Gasteiger partial charge on any atom is -0.335 e. The third-order valence-corrected chi connectivity index (χ3v) is 8.79. The molecule has 4 heterocycles. The average molecular weight is 580 g/mol. The maximum Gasteiger partial charge on any atom is 0.273 e. The van der Waals surface area contributed by atoms with Gasteiger partial charge in [-0.1, -0.05) is 72.4 Å². The largest absolute Gasteiger partial charge is 0.335 e. The summed E-state index contributed by atoms with van der Waals surface area (Å²) in [6, 6.07) is 24.2. The van der Waals surface area contributed by atoms with Crippen molar-refractivity contribution in [3.63, 3.8) is 0 Å². The molecule has 1 aliphatic rings. The number of carbonyl (C=O) groups excluding carboxylic acids is 1. The average Bonchev–Trinajstić information content (AvgIpc) is 3.69. The highest BCUT2D eigenvalue weighted by Gasteiger charge is 2.24. The molecule has 5 aromatic rings. The molecule has 6 rings (SSSR count). The lowest BCUT2D eigenvalue weighted by Crippen LogP contribution is -2.48. The zero-order chi connectivity index (χ0) is 27.9. The van der Waals surface area contributed by atoms with E-state index in [1.54, 1.807) is 24.2 Å². The maximum atomic E-state index is 13.2. The first-order valence-corrected chi connectivity index (χ1v) is 15.3. The molecule has 3 aromatic heterocycles. The van der Waals surface area contributed by atoms with E-state index in [1.807, 2.05) is 75.5 Å². The molecule has 0 atom stereocenters. The minimum absolute atomic E-state index is 0.00408. The molecule has 1 fully saturated rings. The van der Waals surface area contributed by atoms with E-state index < -0.39 is 0 Å². The fourth-order valence-corrected chi connectivity index (χ4v) is 6.40. The minimum atomic E-state index is 0.00408. The summed E-state index contributed by atoms with van der Waals surface area (Å²) in [4.78, 5) is 26.3. The third kappa shape index (κ3) is 6.62. The van der Waals surface area contributed by atoms with Gasteiger partial charge in [-0.25, -0.2) is 4.98 Å². The molecule has 0 unspecified atom stereocenters. The van der Waals surface area contributed by atoms with Crippen molar-refractivity contribution in [2.45, 2.75) is 10.9 Å². The molecule has 2 aromatic carbocycles. The summed E-state index contributed by atoms with van der Waals surface area (Å²) in [5.74, 6) is 1.36. The topological polar surface area (TPSA) is 80.0 Å². The van der Waals surface area contributed by atoms with Crippen LogP contribution < -0.4 is 0 Å². The normalized spacial score (nSPS) is 14.1. The van der Waals surface area contributed by atoms with Crippen LogP contribution >= 0.6 is 23.1 Å². The smallest absolute Gasteiger partial charge is 0.273 e. The first kappa shape index (κ1) is 27.1. The Hall–Kier alpha value is -4.12. The fourth-order valence-electron chi connectivity index (χ4n) is 4.66. The number of rotatable bonds is 9. The first-order chi connectivity index (χ1) is 20.2. The van der Waals surface area contributed by atoms with Crippen molar-refractivity contribution in [3.05, 3.63) is 113 Å². The van der Waals surface area contributed by atoms with E-state index in [1.165, 1.54) is 16.9 Å². The van der Waals surface area contributed by atoms with Crippen LogP contribution in [0.3, 0.4) is 0 Å². The quantitative estimate of drug-likeness (QED) is 0.212. The molecular formula is C31H29N7OS2. The number of thiazole rings is 1. The monoisotopic (exact) mass is 579 g/mol. The van der Waals surface area contributed by atoms with E-state index in [2.05, 4.69) is 49.4 Å². The Morgan fingerprint density at radius 3 is 2.39 bits per heavy atom. The Balaban J connectivity index is 1.06. The van der Waals surface area contributed by atoms with Crippen molar-refractivity contribution in [3.8, 4) is 17.1 Å². The number of carbonyl (C=O) groups is 1. The molecule has 0 bridgehead atoms. The van der Waals surface area contributed by atoms with Gasteiger partial charge in [-0.3, -0.25) is 19.2 Å². The zero-order valence-corrected chi connectivity index (χ0v) is 24.0. The molecule has 41 heavy (non-hydrogen) atoms. The second kappa shape index (κ2) is 13.0. The van der Waals surface area contributed by atoms with Gasteiger partial charge in [0.05, 0.1) is 5.75 Å². The van der Waals surface area contributed by atoms with Gasteiger partial charge in [0.25, 0.3) is 5.91 Å². The standard InChI is InChI=1S/C31H29N7OS2/c39-30(37-20-18-36(19-21-37)17-7-10-24-8-3-1-4-9-24)27-22-40-28(33-27)23-41-31-35-34-29(25-13-15-32-16-14-25)38(31)26-11-5-2-6-12-26/h1-16,22H,17-21,23H2. The van der Waals surface area contributed by atoms with Crippen molar-refractivity contribution in [1.29, 1.82) is 0 Å². The van der Waals surface area contributed by atoms with Crippen LogP contribution in [0.5, 0.6) is 0 Å². The number of benzene rings is 2. The Labute approximate surface area is 247 Å². The van der Waals surface area contributed by atoms with Crippen molar-refractivity contribution in [2.75, 3.05) is 32.7 Å². The number of piperazine rings is 1. The number of nitrogens with zero attached hydrogens (tertiary/aromatic N) is 7. The Bertz CT molecular complexity index is 1600. The molecule has 8 nitrogen and oxygen atoms in total. The summed E-state index contributed by atoms with van der Waals surface area (Å²) in [5, 5.41) is 12.5. The third-order valence-electron chi connectivity index (χ3n) is 6.81. The van der Waals surface area contributed by atoms with Crippen molar-refractivity contribution in [2.24, 2.45) is 0 Å². The number of para-hydroxylation sites is 1. The summed E-state index contributed by atoms with van der Waals surface area (Å²) in [6.45, 7) is 4.00. The molecular weight excluding hydrogens is 551 g/mol. The van der Waals surface area contributed by atoms with Gasteiger partial charge < -0.3 is 4.90 Å². The van der Waals surface area contributed by atoms with Crippen LogP contribution in [0.25, 0.3) is 23.2 Å². The van der Waals surface area contributed by atoms with Crippen LogP contribution in [0.2, 0.25) is 0 Å². The Kier molecular flexibility index (Phi) is 8.60. The van der Waals surface area contributed by atoms with E-state index in [-0.39, 0.29) is 5.91 Å². The molecule has 0 aliphatic carbocycles. The van der Waals surface area contributed by atoms with Gasteiger partial charge in [-0.2, -0.15) is 0 Å². The summed E-state index contributed by atoms with van der Waals surface area (Å²) < 4.78 is 2.05. The lowest BCUT2D eigenvalue weighted by atomic mass is 10.2. The first-order valence-electron chi connectivity index (χ1n) is 13.5. The molecule has 1 saturated heterocycles. The van der Waals surface area contributed by atoms with Crippen molar-refractivity contribution < 1.29 is 4.79 Å². The van der Waals surface area contributed by atoms with Gasteiger partial charge in [-0.05, 0) is 29.8 Å². The van der Waals surface area contributed by atoms with E-state index in [4.69, 9.17) is 0 Å². The predicted molar refractivity (Wildman–Crippen MR) is 164 cm³/mol. The predicted octanol–water partition coefficient (Wildman–Crippen LogP) is 5.55. The van der Waals surface area contributed by atoms with Crippen LogP contribution in [-0.4, -0.2) is 73.2 Å². The van der Waals surface area contributed by atoms with Gasteiger partial charge in [0.2, 0.25) is 0 Å². The zero-order valence-electron chi connectivity index (χ0n) is 22.4. The lowest BCUT2D eigenvalue weighted by Gasteiger charge is -2.33. The molecule has 206 valence electrons. The van der Waals surface area contributed by atoms with E-state index in [0.717, 1.165) is 46.9 Å². The Morgan fingerprint density at radius 2 is 1.63 bits per heavy atom. The number of hydrogen-bond acceptors (Lipinski definition) is 8. The summed E-state index contributed by atoms with van der Waals surface area (Å²) in [7, 11) is 0. The van der Waals surface area contributed by atoms with Crippen LogP contribution in [-0.2, 0) is 5.75 Å². The van der Waals surface area contributed by atoms with Gasteiger partial charge in [0.1, 0.15) is 10.7 Å². The van der Waals surface area contributed by atoms with E-state index in [9.17, 15) is 4.79 Å². The number of hydrogen-bond donors (Lipinski definition) is 0. The fraction of sp³-hybridized carbons (Fsp3) is 0.194.